The monoisotopic (exact) mass is 378 g/mol. The second-order valence-electron chi connectivity index (χ2n) is 7.60. The number of aromatic nitrogens is 4. The molecular formula is C20H22N6O2. The van der Waals surface area contributed by atoms with Crippen LogP contribution in [0.2, 0.25) is 0 Å². The van der Waals surface area contributed by atoms with Crippen LogP contribution in [0.3, 0.4) is 0 Å². The molecule has 0 saturated carbocycles. The molecule has 2 atom stereocenters. The first-order valence-electron chi connectivity index (χ1n) is 9.55. The SMILES string of the molecule is Cc1ccccc1OCC(=O)N1CC2CN(c3ccc4nncn4n3)CC2C1. The number of hydrogen-bond donors (Lipinski definition) is 0. The standard InChI is InChI=1S/C20H22N6O2/c1-14-4-2-3-5-17(14)28-12-20(27)25-10-15-8-24(9-16(15)11-25)19-7-6-18-22-21-13-26(18)23-19/h2-7,13,15-16H,8-12H2,1H3. The van der Waals surface area contributed by atoms with E-state index in [1.807, 2.05) is 48.2 Å². The molecule has 0 bridgehead atoms. The number of fused-ring (bicyclic) bond motifs is 2. The third-order valence-corrected chi connectivity index (χ3v) is 5.76. The summed E-state index contributed by atoms with van der Waals surface area (Å²) in [6.45, 7) is 5.47. The van der Waals surface area contributed by atoms with Gasteiger partial charge in [0.05, 0.1) is 0 Å². The zero-order chi connectivity index (χ0) is 19.1. The van der Waals surface area contributed by atoms with Crippen LogP contribution in [0.4, 0.5) is 5.82 Å². The van der Waals surface area contributed by atoms with Gasteiger partial charge in [-0.1, -0.05) is 18.2 Å². The topological polar surface area (TPSA) is 75.9 Å². The van der Waals surface area contributed by atoms with Crippen molar-refractivity contribution in [2.75, 3.05) is 37.7 Å². The second kappa shape index (κ2) is 6.78. The summed E-state index contributed by atoms with van der Waals surface area (Å²) in [6.07, 6.45) is 1.62. The van der Waals surface area contributed by atoms with Crippen molar-refractivity contribution < 1.29 is 9.53 Å². The van der Waals surface area contributed by atoms with Crippen LogP contribution in [0.25, 0.3) is 5.65 Å². The molecule has 0 spiro atoms. The summed E-state index contributed by atoms with van der Waals surface area (Å²) in [5, 5.41) is 12.5. The lowest BCUT2D eigenvalue weighted by atomic mass is 10.0. The third kappa shape index (κ3) is 3.04. The van der Waals surface area contributed by atoms with E-state index in [0.717, 1.165) is 49.0 Å². The van der Waals surface area contributed by atoms with Crippen LogP contribution in [0, 0.1) is 18.8 Å². The van der Waals surface area contributed by atoms with Crippen molar-refractivity contribution in [3.63, 3.8) is 0 Å². The lowest BCUT2D eigenvalue weighted by Gasteiger charge is -2.22. The number of aryl methyl sites for hydroxylation is 1. The lowest BCUT2D eigenvalue weighted by molar-refractivity contribution is -0.132. The molecule has 2 aromatic heterocycles. The minimum absolute atomic E-state index is 0.0632. The van der Waals surface area contributed by atoms with Crippen molar-refractivity contribution in [1.29, 1.82) is 0 Å². The molecule has 2 unspecified atom stereocenters. The van der Waals surface area contributed by atoms with E-state index in [1.54, 1.807) is 10.8 Å². The maximum Gasteiger partial charge on any atom is 0.260 e. The molecule has 8 heteroatoms. The number of likely N-dealkylation sites (tertiary alicyclic amines) is 1. The zero-order valence-corrected chi connectivity index (χ0v) is 15.7. The predicted octanol–water partition coefficient (Wildman–Crippen LogP) is 1.41. The van der Waals surface area contributed by atoms with Crippen LogP contribution in [-0.2, 0) is 4.79 Å². The van der Waals surface area contributed by atoms with Crippen LogP contribution in [-0.4, -0.2) is 63.4 Å². The molecule has 1 aromatic carbocycles. The molecule has 0 radical (unpaired) electrons. The fourth-order valence-corrected chi connectivity index (χ4v) is 4.22. The largest absolute Gasteiger partial charge is 0.484 e. The first-order valence-corrected chi connectivity index (χ1v) is 9.55. The number of benzene rings is 1. The molecule has 1 amide bonds. The Balaban J connectivity index is 1.18. The van der Waals surface area contributed by atoms with Gasteiger partial charge in [-0.2, -0.15) is 4.52 Å². The molecule has 0 N–H and O–H groups in total. The molecule has 5 rings (SSSR count). The van der Waals surface area contributed by atoms with Crippen LogP contribution in [0.5, 0.6) is 5.75 Å². The number of rotatable bonds is 4. The first-order chi connectivity index (χ1) is 13.7. The van der Waals surface area contributed by atoms with Gasteiger partial charge >= 0.3 is 0 Å². The zero-order valence-electron chi connectivity index (χ0n) is 15.7. The number of hydrogen-bond acceptors (Lipinski definition) is 6. The third-order valence-electron chi connectivity index (χ3n) is 5.76. The summed E-state index contributed by atoms with van der Waals surface area (Å²) in [6, 6.07) is 11.7. The highest BCUT2D eigenvalue weighted by Gasteiger charge is 2.42. The summed E-state index contributed by atoms with van der Waals surface area (Å²) in [7, 11) is 0. The first kappa shape index (κ1) is 17.0. The summed E-state index contributed by atoms with van der Waals surface area (Å²) in [4.78, 5) is 16.8. The van der Waals surface area contributed by atoms with Crippen LogP contribution in [0.15, 0.2) is 42.7 Å². The van der Waals surface area contributed by atoms with Crippen molar-refractivity contribution in [3.8, 4) is 5.75 Å². The van der Waals surface area contributed by atoms with Gasteiger partial charge in [0.25, 0.3) is 5.91 Å². The van der Waals surface area contributed by atoms with Crippen molar-refractivity contribution in [2.45, 2.75) is 6.92 Å². The van der Waals surface area contributed by atoms with Crippen molar-refractivity contribution in [1.82, 2.24) is 24.7 Å². The van der Waals surface area contributed by atoms with Gasteiger partial charge < -0.3 is 14.5 Å². The molecular weight excluding hydrogens is 356 g/mol. The highest BCUT2D eigenvalue weighted by molar-refractivity contribution is 5.78. The number of anilines is 1. The average molecular weight is 378 g/mol. The van der Waals surface area contributed by atoms with E-state index < -0.39 is 0 Å². The van der Waals surface area contributed by atoms with Gasteiger partial charge in [0.15, 0.2) is 12.3 Å². The molecule has 8 nitrogen and oxygen atoms in total. The van der Waals surface area contributed by atoms with E-state index >= 15 is 0 Å². The number of para-hydroxylation sites is 1. The van der Waals surface area contributed by atoms with E-state index in [4.69, 9.17) is 4.74 Å². The lowest BCUT2D eigenvalue weighted by Crippen LogP contribution is -2.36. The van der Waals surface area contributed by atoms with Gasteiger partial charge in [-0.25, -0.2) is 0 Å². The van der Waals surface area contributed by atoms with E-state index in [2.05, 4.69) is 20.2 Å². The molecule has 4 heterocycles. The Bertz CT molecular complexity index is 1000. The summed E-state index contributed by atoms with van der Waals surface area (Å²) < 4.78 is 7.43. The Labute approximate surface area is 162 Å². The summed E-state index contributed by atoms with van der Waals surface area (Å²) >= 11 is 0. The normalized spacial score (nSPS) is 21.3. The van der Waals surface area contributed by atoms with Gasteiger partial charge in [0.1, 0.15) is 17.9 Å². The fraction of sp³-hybridized carbons (Fsp3) is 0.400. The van der Waals surface area contributed by atoms with Crippen molar-refractivity contribution in [3.05, 3.63) is 48.3 Å². The maximum absolute atomic E-state index is 12.6. The number of carbonyl (C=O) groups is 1. The molecule has 2 saturated heterocycles. The van der Waals surface area contributed by atoms with Gasteiger partial charge in [0.2, 0.25) is 0 Å². The van der Waals surface area contributed by atoms with Gasteiger partial charge in [-0.15, -0.1) is 15.3 Å². The highest BCUT2D eigenvalue weighted by atomic mass is 16.5. The minimum atomic E-state index is 0.0632. The Kier molecular flexibility index (Phi) is 4.11. The Morgan fingerprint density at radius 1 is 1.11 bits per heavy atom. The molecule has 0 aliphatic carbocycles. The molecule has 2 aliphatic heterocycles. The number of carbonyl (C=O) groups excluding carboxylic acids is 1. The summed E-state index contributed by atoms with van der Waals surface area (Å²) in [5.74, 6) is 2.72. The van der Waals surface area contributed by atoms with Crippen LogP contribution in [0.1, 0.15) is 5.56 Å². The number of amides is 1. The Hall–Kier alpha value is -3.16. The maximum atomic E-state index is 12.6. The van der Waals surface area contributed by atoms with Crippen LogP contribution < -0.4 is 9.64 Å². The van der Waals surface area contributed by atoms with Crippen molar-refractivity contribution in [2.24, 2.45) is 11.8 Å². The quantitative estimate of drug-likeness (QED) is 0.683. The molecule has 144 valence electrons. The molecule has 2 aliphatic rings. The number of nitrogens with zero attached hydrogens (tertiary/aromatic N) is 6. The fourth-order valence-electron chi connectivity index (χ4n) is 4.22. The number of ether oxygens (including phenoxy) is 1. The van der Waals surface area contributed by atoms with Gasteiger partial charge in [0, 0.05) is 38.0 Å². The van der Waals surface area contributed by atoms with Gasteiger partial charge in [-0.05, 0) is 30.7 Å². The van der Waals surface area contributed by atoms with E-state index in [-0.39, 0.29) is 12.5 Å². The van der Waals surface area contributed by atoms with E-state index in [0.29, 0.717) is 11.8 Å². The van der Waals surface area contributed by atoms with Crippen LogP contribution >= 0.6 is 0 Å². The van der Waals surface area contributed by atoms with Gasteiger partial charge in [-0.3, -0.25) is 4.79 Å². The Morgan fingerprint density at radius 2 is 1.89 bits per heavy atom. The Morgan fingerprint density at radius 3 is 2.68 bits per heavy atom. The second-order valence-corrected chi connectivity index (χ2v) is 7.60. The average Bonchev–Trinajstić information content (AvgIpc) is 3.40. The molecule has 2 fully saturated rings. The minimum Gasteiger partial charge on any atom is -0.484 e. The van der Waals surface area contributed by atoms with Crippen molar-refractivity contribution >= 4 is 17.4 Å². The summed E-state index contributed by atoms with van der Waals surface area (Å²) in [5.41, 5.74) is 1.79. The smallest absolute Gasteiger partial charge is 0.260 e. The molecule has 3 aromatic rings. The molecule has 28 heavy (non-hydrogen) atoms. The van der Waals surface area contributed by atoms with E-state index in [1.165, 1.54) is 0 Å². The van der Waals surface area contributed by atoms with E-state index in [9.17, 15) is 4.79 Å². The highest BCUT2D eigenvalue weighted by Crippen LogP contribution is 2.33. The predicted molar refractivity (Wildman–Crippen MR) is 103 cm³/mol.